The van der Waals surface area contributed by atoms with Crippen LogP contribution >= 0.6 is 0 Å². The first kappa shape index (κ1) is 9.96. The summed E-state index contributed by atoms with van der Waals surface area (Å²) in [5.41, 5.74) is 0. The summed E-state index contributed by atoms with van der Waals surface area (Å²) in [4.78, 5) is 2.26. The van der Waals surface area contributed by atoms with E-state index in [2.05, 4.69) is 18.7 Å². The molecule has 2 atom stereocenters. The van der Waals surface area contributed by atoms with Gasteiger partial charge in [0.25, 0.3) is 0 Å². The fourth-order valence-electron chi connectivity index (χ4n) is 2.15. The van der Waals surface area contributed by atoms with Gasteiger partial charge in [-0.05, 0) is 26.7 Å². The lowest BCUT2D eigenvalue weighted by Crippen LogP contribution is -2.49. The number of hydrogen-bond acceptors (Lipinski definition) is 3. The monoisotopic (exact) mass is 173 g/mol. The van der Waals surface area contributed by atoms with Gasteiger partial charge in [0.2, 0.25) is 0 Å². The highest BCUT2D eigenvalue weighted by Crippen LogP contribution is 2.22. The van der Waals surface area contributed by atoms with Crippen LogP contribution in [0, 0.1) is 0 Å². The second-order valence-corrected chi connectivity index (χ2v) is 3.78. The van der Waals surface area contributed by atoms with Crippen molar-refractivity contribution in [3.8, 4) is 0 Å². The predicted octanol–water partition coefficient (Wildman–Crippen LogP) is 0.212. The summed E-state index contributed by atoms with van der Waals surface area (Å²) in [6.45, 7) is 5.16. The summed E-state index contributed by atoms with van der Waals surface area (Å²) >= 11 is 0. The lowest BCUT2D eigenvalue weighted by molar-refractivity contribution is 0.00538. The van der Waals surface area contributed by atoms with Crippen molar-refractivity contribution in [1.29, 1.82) is 0 Å². The van der Waals surface area contributed by atoms with Gasteiger partial charge in [0, 0.05) is 18.6 Å². The minimum atomic E-state index is -0.148. The second-order valence-electron chi connectivity index (χ2n) is 3.78. The molecule has 0 bridgehead atoms. The molecule has 3 nitrogen and oxygen atoms in total. The fraction of sp³-hybridized carbons (Fsp3) is 1.00. The Morgan fingerprint density at radius 1 is 1.25 bits per heavy atom. The Labute approximate surface area is 74.0 Å². The number of piperidine rings is 1. The third kappa shape index (κ3) is 2.19. The van der Waals surface area contributed by atoms with Gasteiger partial charge in [-0.15, -0.1) is 0 Å². The molecule has 2 N–H and O–H groups in total. The fourth-order valence-corrected chi connectivity index (χ4v) is 2.15. The van der Waals surface area contributed by atoms with Gasteiger partial charge in [0.1, 0.15) is 0 Å². The first-order valence-electron chi connectivity index (χ1n) is 4.69. The van der Waals surface area contributed by atoms with E-state index in [9.17, 15) is 5.11 Å². The van der Waals surface area contributed by atoms with Crippen molar-refractivity contribution < 1.29 is 10.2 Å². The molecule has 0 aromatic carbocycles. The molecule has 1 heterocycles. The predicted molar refractivity (Wildman–Crippen MR) is 48.0 cm³/mol. The largest absolute Gasteiger partial charge is 0.395 e. The highest BCUT2D eigenvalue weighted by molar-refractivity contribution is 4.83. The summed E-state index contributed by atoms with van der Waals surface area (Å²) < 4.78 is 0. The maximum Gasteiger partial charge on any atom is 0.0569 e. The van der Waals surface area contributed by atoms with Gasteiger partial charge in [-0.2, -0.15) is 0 Å². The molecule has 1 saturated heterocycles. The number of likely N-dealkylation sites (tertiary alicyclic amines) is 1. The van der Waals surface area contributed by atoms with Gasteiger partial charge in [-0.3, -0.25) is 4.90 Å². The molecule has 3 heteroatoms. The molecule has 0 spiro atoms. The Balaban J connectivity index is 2.48. The third-order valence-electron chi connectivity index (χ3n) is 2.72. The molecular formula is C9H19NO2. The van der Waals surface area contributed by atoms with E-state index >= 15 is 0 Å². The van der Waals surface area contributed by atoms with Gasteiger partial charge >= 0.3 is 0 Å². The lowest BCUT2D eigenvalue weighted by Gasteiger charge is -2.40. The Bertz CT molecular complexity index is 128. The minimum Gasteiger partial charge on any atom is -0.395 e. The third-order valence-corrected chi connectivity index (χ3v) is 2.72. The summed E-state index contributed by atoms with van der Waals surface area (Å²) in [6, 6.07) is 0.798. The van der Waals surface area contributed by atoms with Crippen molar-refractivity contribution in [2.24, 2.45) is 0 Å². The summed E-state index contributed by atoms with van der Waals surface area (Å²) in [6.07, 6.45) is 1.53. The van der Waals surface area contributed by atoms with Crippen LogP contribution in [0.4, 0.5) is 0 Å². The van der Waals surface area contributed by atoms with Gasteiger partial charge < -0.3 is 10.2 Å². The van der Waals surface area contributed by atoms with Crippen molar-refractivity contribution >= 4 is 0 Å². The number of aliphatic hydroxyl groups is 2. The molecule has 0 aromatic rings. The second kappa shape index (κ2) is 4.21. The maximum atomic E-state index is 9.45. The van der Waals surface area contributed by atoms with Crippen LogP contribution in [0.5, 0.6) is 0 Å². The first-order valence-corrected chi connectivity index (χ1v) is 4.69. The average molecular weight is 173 g/mol. The zero-order valence-corrected chi connectivity index (χ0v) is 7.90. The van der Waals surface area contributed by atoms with E-state index in [1.807, 2.05) is 0 Å². The van der Waals surface area contributed by atoms with Gasteiger partial charge in [-0.1, -0.05) is 0 Å². The van der Waals surface area contributed by atoms with Crippen molar-refractivity contribution in [2.45, 2.75) is 44.9 Å². The minimum absolute atomic E-state index is 0.148. The highest BCUT2D eigenvalue weighted by Gasteiger charge is 2.28. The van der Waals surface area contributed by atoms with E-state index in [1.165, 1.54) is 0 Å². The smallest absolute Gasteiger partial charge is 0.0569 e. The van der Waals surface area contributed by atoms with E-state index in [-0.39, 0.29) is 12.7 Å². The summed E-state index contributed by atoms with van der Waals surface area (Å²) in [7, 11) is 0. The van der Waals surface area contributed by atoms with Crippen LogP contribution in [-0.2, 0) is 0 Å². The van der Waals surface area contributed by atoms with Crippen LogP contribution in [0.2, 0.25) is 0 Å². The number of hydrogen-bond donors (Lipinski definition) is 2. The topological polar surface area (TPSA) is 43.7 Å². The molecule has 1 aliphatic heterocycles. The molecule has 1 aliphatic rings. The van der Waals surface area contributed by atoms with Crippen molar-refractivity contribution in [1.82, 2.24) is 4.90 Å². The molecular weight excluding hydrogens is 154 g/mol. The highest BCUT2D eigenvalue weighted by atomic mass is 16.3. The molecule has 72 valence electrons. The van der Waals surface area contributed by atoms with Gasteiger partial charge in [0.15, 0.2) is 0 Å². The van der Waals surface area contributed by atoms with E-state index in [4.69, 9.17) is 5.11 Å². The van der Waals surface area contributed by atoms with Crippen LogP contribution in [0.15, 0.2) is 0 Å². The number of nitrogens with zero attached hydrogens (tertiary/aromatic N) is 1. The van der Waals surface area contributed by atoms with Gasteiger partial charge in [-0.25, -0.2) is 0 Å². The standard InChI is InChI=1S/C9H19NO2/c1-7-5-9(12)6-8(2)10(7)3-4-11/h7-9,11-12H,3-6H2,1-2H3. The van der Waals surface area contributed by atoms with Crippen molar-refractivity contribution in [3.05, 3.63) is 0 Å². The van der Waals surface area contributed by atoms with Gasteiger partial charge in [0.05, 0.1) is 12.7 Å². The van der Waals surface area contributed by atoms with Crippen LogP contribution in [-0.4, -0.2) is 46.5 Å². The number of aliphatic hydroxyl groups excluding tert-OH is 2. The van der Waals surface area contributed by atoms with E-state index < -0.39 is 0 Å². The Morgan fingerprint density at radius 3 is 2.17 bits per heavy atom. The molecule has 0 aromatic heterocycles. The molecule has 0 aliphatic carbocycles. The molecule has 0 radical (unpaired) electrons. The number of rotatable bonds is 2. The van der Waals surface area contributed by atoms with Crippen LogP contribution in [0.3, 0.4) is 0 Å². The number of β-amino-alcohol motifs (C(OH)–C–C–N with tert-alkyl or cyclic N) is 1. The first-order chi connectivity index (χ1) is 5.65. The van der Waals surface area contributed by atoms with E-state index in [0.29, 0.717) is 12.1 Å². The Hall–Kier alpha value is -0.120. The lowest BCUT2D eigenvalue weighted by atomic mass is 9.95. The maximum absolute atomic E-state index is 9.45. The molecule has 1 fully saturated rings. The normalized spacial score (nSPS) is 38.5. The van der Waals surface area contributed by atoms with Crippen LogP contribution in [0.25, 0.3) is 0 Å². The summed E-state index contributed by atoms with van der Waals surface area (Å²) in [5, 5.41) is 18.3. The molecule has 1 rings (SSSR count). The van der Waals surface area contributed by atoms with Crippen LogP contribution < -0.4 is 0 Å². The SMILES string of the molecule is CC1CC(O)CC(C)N1CCO. The molecule has 0 saturated carbocycles. The van der Waals surface area contributed by atoms with Crippen molar-refractivity contribution in [3.63, 3.8) is 0 Å². The Morgan fingerprint density at radius 2 is 1.75 bits per heavy atom. The zero-order chi connectivity index (χ0) is 9.14. The van der Waals surface area contributed by atoms with Crippen LogP contribution in [0.1, 0.15) is 26.7 Å². The van der Waals surface area contributed by atoms with E-state index in [0.717, 1.165) is 19.4 Å². The Kier molecular flexibility index (Phi) is 3.50. The summed E-state index contributed by atoms with van der Waals surface area (Å²) in [5.74, 6) is 0. The van der Waals surface area contributed by atoms with E-state index in [1.54, 1.807) is 0 Å². The molecule has 12 heavy (non-hydrogen) atoms. The van der Waals surface area contributed by atoms with Crippen molar-refractivity contribution in [2.75, 3.05) is 13.2 Å². The zero-order valence-electron chi connectivity index (χ0n) is 7.90. The quantitative estimate of drug-likeness (QED) is 0.627. The molecule has 0 amide bonds. The molecule has 2 unspecified atom stereocenters. The average Bonchev–Trinajstić information content (AvgIpc) is 1.96.